The molecular formula is C34H64. The SMILES string of the molecule is C.C#CCCC.CC.CC.CC.C\C=C/C(=C\C(C)=C/C)C(/C)=C1\C(C)CC2CC(C)CC1C2. The van der Waals surface area contributed by atoms with Gasteiger partial charge in [0.05, 0.1) is 0 Å². The van der Waals surface area contributed by atoms with Crippen molar-refractivity contribution in [2.75, 3.05) is 0 Å². The predicted octanol–water partition coefficient (Wildman–Crippen LogP) is 12.0. The van der Waals surface area contributed by atoms with Crippen molar-refractivity contribution in [1.29, 1.82) is 0 Å². The van der Waals surface area contributed by atoms with Gasteiger partial charge >= 0.3 is 0 Å². The minimum Gasteiger partial charge on any atom is -0.120 e. The molecule has 0 aliphatic heterocycles. The molecule has 2 bridgehead atoms. The molecule has 2 aliphatic rings. The van der Waals surface area contributed by atoms with E-state index < -0.39 is 0 Å². The minimum absolute atomic E-state index is 0. The summed E-state index contributed by atoms with van der Waals surface area (Å²) in [5.41, 5.74) is 6.07. The van der Waals surface area contributed by atoms with Crippen molar-refractivity contribution in [3.05, 3.63) is 46.6 Å². The standard InChI is InChI=1S/C22H34.C5H8.3C2H6.CH4/c1-7-9-20(11-15(3)8-2)18(6)22-17(5)13-19-10-16(4)12-21(22)14-19;1-3-5-4-2;3*1-2;/h7-9,11,16-17,19,21H,10,12-14H2,1-6H3;1H,4-5H2,2H3;3*1-2H3;1H4/b9-7-,15-8-,20-11+,22-18+;;;;;. The van der Waals surface area contributed by atoms with Crippen LogP contribution in [0.3, 0.4) is 0 Å². The molecule has 0 amide bonds. The summed E-state index contributed by atoms with van der Waals surface area (Å²) >= 11 is 0. The largest absolute Gasteiger partial charge is 0.120 e. The van der Waals surface area contributed by atoms with E-state index in [-0.39, 0.29) is 7.43 Å². The fourth-order valence-corrected chi connectivity index (χ4v) is 5.00. The molecule has 0 nitrogen and oxygen atoms in total. The number of fused-ring (bicyclic) bond motifs is 2. The Morgan fingerprint density at radius 1 is 0.941 bits per heavy atom. The maximum Gasteiger partial charge on any atom is 0.00834 e. The lowest BCUT2D eigenvalue weighted by molar-refractivity contribution is 0.161. The molecule has 200 valence electrons. The predicted molar refractivity (Wildman–Crippen MR) is 163 cm³/mol. The van der Waals surface area contributed by atoms with Gasteiger partial charge in [-0.25, -0.2) is 0 Å². The third kappa shape index (κ3) is 15.4. The average molecular weight is 473 g/mol. The van der Waals surface area contributed by atoms with Crippen molar-refractivity contribution in [1.82, 2.24) is 0 Å². The lowest BCUT2D eigenvalue weighted by Gasteiger charge is -2.44. The van der Waals surface area contributed by atoms with Crippen LogP contribution in [0.1, 0.15) is 136 Å². The summed E-state index contributed by atoms with van der Waals surface area (Å²) in [5.74, 6) is 5.99. The second-order valence-electron chi connectivity index (χ2n) is 8.68. The Labute approximate surface area is 218 Å². The van der Waals surface area contributed by atoms with Gasteiger partial charge in [0.2, 0.25) is 0 Å². The summed E-state index contributed by atoms with van der Waals surface area (Å²) in [6.45, 7) is 27.8. The Bertz CT molecular complexity index is 613. The highest BCUT2D eigenvalue weighted by molar-refractivity contribution is 5.46. The van der Waals surface area contributed by atoms with Crippen LogP contribution in [0.25, 0.3) is 0 Å². The van der Waals surface area contributed by atoms with Crippen molar-refractivity contribution >= 4 is 0 Å². The van der Waals surface area contributed by atoms with Gasteiger partial charge in [0, 0.05) is 6.42 Å². The lowest BCUT2D eigenvalue weighted by atomic mass is 9.62. The van der Waals surface area contributed by atoms with Crippen LogP contribution in [0.4, 0.5) is 0 Å². The van der Waals surface area contributed by atoms with E-state index in [0.29, 0.717) is 0 Å². The third-order valence-electron chi connectivity index (χ3n) is 6.14. The van der Waals surface area contributed by atoms with E-state index in [1.165, 1.54) is 36.8 Å². The van der Waals surface area contributed by atoms with Gasteiger partial charge in [0.1, 0.15) is 0 Å². The first-order valence-corrected chi connectivity index (χ1v) is 14.0. The van der Waals surface area contributed by atoms with E-state index in [2.05, 4.69) is 78.7 Å². The van der Waals surface area contributed by atoms with Crippen molar-refractivity contribution in [3.8, 4) is 12.3 Å². The molecule has 0 heterocycles. The zero-order chi connectivity index (χ0) is 26.4. The van der Waals surface area contributed by atoms with Crippen molar-refractivity contribution in [3.63, 3.8) is 0 Å². The maximum absolute atomic E-state index is 4.89. The molecule has 0 aromatic heterocycles. The Kier molecular flexibility index (Phi) is 30.5. The highest BCUT2D eigenvalue weighted by Crippen LogP contribution is 2.49. The van der Waals surface area contributed by atoms with Crippen LogP contribution in [-0.2, 0) is 0 Å². The molecule has 4 unspecified atom stereocenters. The van der Waals surface area contributed by atoms with Crippen LogP contribution in [-0.4, -0.2) is 0 Å². The van der Waals surface area contributed by atoms with Gasteiger partial charge in [-0.05, 0) is 94.6 Å². The fourth-order valence-electron chi connectivity index (χ4n) is 5.00. The van der Waals surface area contributed by atoms with Crippen LogP contribution >= 0.6 is 0 Å². The first kappa shape index (κ1) is 39.7. The van der Waals surface area contributed by atoms with Gasteiger partial charge in [-0.1, -0.05) is 105 Å². The van der Waals surface area contributed by atoms with Gasteiger partial charge in [-0.2, -0.15) is 0 Å². The quantitative estimate of drug-likeness (QED) is 0.282. The molecule has 0 radical (unpaired) electrons. The van der Waals surface area contributed by atoms with Crippen LogP contribution in [0.15, 0.2) is 46.6 Å². The molecule has 34 heavy (non-hydrogen) atoms. The smallest absolute Gasteiger partial charge is 0.00834 e. The molecule has 0 N–H and O–H groups in total. The molecular weight excluding hydrogens is 408 g/mol. The van der Waals surface area contributed by atoms with E-state index in [1.54, 1.807) is 11.1 Å². The van der Waals surface area contributed by atoms with Gasteiger partial charge in [-0.3, -0.25) is 0 Å². The van der Waals surface area contributed by atoms with E-state index in [1.807, 2.05) is 41.5 Å². The Hall–Kier alpha value is -1.48. The van der Waals surface area contributed by atoms with Crippen LogP contribution in [0, 0.1) is 36.0 Å². The Morgan fingerprint density at radius 3 is 1.91 bits per heavy atom. The Balaban J connectivity index is -0.000000322. The second-order valence-corrected chi connectivity index (χ2v) is 8.68. The van der Waals surface area contributed by atoms with Crippen molar-refractivity contribution < 1.29 is 0 Å². The molecule has 0 heteroatoms. The summed E-state index contributed by atoms with van der Waals surface area (Å²) in [4.78, 5) is 0. The molecule has 0 spiro atoms. The highest BCUT2D eigenvalue weighted by atomic mass is 14.4. The zero-order valence-corrected chi connectivity index (χ0v) is 24.9. The van der Waals surface area contributed by atoms with Gasteiger partial charge in [0.15, 0.2) is 0 Å². The minimum atomic E-state index is 0. The average Bonchev–Trinajstić information content (AvgIpc) is 2.82. The van der Waals surface area contributed by atoms with Crippen LogP contribution in [0.5, 0.6) is 0 Å². The molecule has 2 aliphatic carbocycles. The first-order valence-electron chi connectivity index (χ1n) is 14.0. The molecule has 2 saturated carbocycles. The number of allylic oxidation sites excluding steroid dienone is 8. The molecule has 4 atom stereocenters. The third-order valence-corrected chi connectivity index (χ3v) is 6.14. The van der Waals surface area contributed by atoms with E-state index in [9.17, 15) is 0 Å². The lowest BCUT2D eigenvalue weighted by Crippen LogP contribution is -2.32. The molecule has 2 rings (SSSR count). The number of rotatable bonds is 4. The molecule has 2 fully saturated rings. The van der Waals surface area contributed by atoms with Gasteiger partial charge < -0.3 is 0 Å². The summed E-state index contributed by atoms with van der Waals surface area (Å²) < 4.78 is 0. The Morgan fingerprint density at radius 2 is 1.50 bits per heavy atom. The van der Waals surface area contributed by atoms with Crippen LogP contribution in [0.2, 0.25) is 0 Å². The van der Waals surface area contributed by atoms with Gasteiger partial charge in [-0.15, -0.1) is 12.3 Å². The topological polar surface area (TPSA) is 0 Å². The fraction of sp³-hybridized carbons (Fsp3) is 0.706. The summed E-state index contributed by atoms with van der Waals surface area (Å²) in [5, 5.41) is 0. The normalized spacial score (nSPS) is 24.7. The summed E-state index contributed by atoms with van der Waals surface area (Å²) in [6, 6.07) is 0. The molecule has 0 aromatic carbocycles. The van der Waals surface area contributed by atoms with Crippen molar-refractivity contribution in [2.45, 2.75) is 136 Å². The summed E-state index contributed by atoms with van der Waals surface area (Å²) in [7, 11) is 0. The zero-order valence-electron chi connectivity index (χ0n) is 24.9. The number of hydrogen-bond donors (Lipinski definition) is 0. The number of terminal acetylenes is 1. The molecule has 0 saturated heterocycles. The van der Waals surface area contributed by atoms with Crippen molar-refractivity contribution in [2.24, 2.45) is 23.7 Å². The maximum atomic E-state index is 4.89. The summed E-state index contributed by atoms with van der Waals surface area (Å²) in [6.07, 6.45) is 21.6. The highest BCUT2D eigenvalue weighted by Gasteiger charge is 2.37. The van der Waals surface area contributed by atoms with E-state index in [4.69, 9.17) is 6.42 Å². The first-order chi connectivity index (χ1) is 15.9. The van der Waals surface area contributed by atoms with E-state index >= 15 is 0 Å². The number of unbranched alkanes of at least 4 members (excludes halogenated alkanes) is 1. The monoisotopic (exact) mass is 473 g/mol. The van der Waals surface area contributed by atoms with Gasteiger partial charge in [0.25, 0.3) is 0 Å². The molecule has 0 aromatic rings. The second kappa shape index (κ2) is 26.1. The number of hydrogen-bond acceptors (Lipinski definition) is 0. The van der Waals surface area contributed by atoms with Crippen LogP contribution < -0.4 is 0 Å². The van der Waals surface area contributed by atoms with E-state index in [0.717, 1.165) is 36.5 Å².